The van der Waals surface area contributed by atoms with Crippen LogP contribution in [0.15, 0.2) is 21.6 Å². The summed E-state index contributed by atoms with van der Waals surface area (Å²) in [6, 6.07) is 3.75. The number of anilines is 1. The summed E-state index contributed by atoms with van der Waals surface area (Å²) in [5, 5.41) is 0.429. The van der Waals surface area contributed by atoms with Crippen molar-refractivity contribution in [2.45, 2.75) is 25.1 Å². The molecule has 2 saturated heterocycles. The first-order valence-corrected chi connectivity index (χ1v) is 11.4. The van der Waals surface area contributed by atoms with Gasteiger partial charge in [0, 0.05) is 15.4 Å². The molecule has 3 rings (SSSR count). The Hall–Kier alpha value is -0.570. The number of carbonyl (C=O) groups is 1. The van der Waals surface area contributed by atoms with Gasteiger partial charge in [0.15, 0.2) is 15.0 Å². The van der Waals surface area contributed by atoms with Gasteiger partial charge in [-0.1, -0.05) is 27.7 Å². The molecule has 130 valence electrons. The molecule has 1 aromatic carbocycles. The van der Waals surface area contributed by atoms with E-state index in [-0.39, 0.29) is 28.7 Å². The van der Waals surface area contributed by atoms with Crippen molar-refractivity contribution in [2.24, 2.45) is 4.99 Å². The molecule has 2 fully saturated rings. The highest BCUT2D eigenvalue weighted by molar-refractivity contribution is 9.10. The first-order valence-electron chi connectivity index (χ1n) is 7.32. The lowest BCUT2D eigenvalue weighted by molar-refractivity contribution is -0.115. The Morgan fingerprint density at radius 3 is 2.58 bits per heavy atom. The van der Waals surface area contributed by atoms with Crippen LogP contribution >= 0.6 is 39.3 Å². The fourth-order valence-electron chi connectivity index (χ4n) is 3.25. The highest BCUT2D eigenvalue weighted by Gasteiger charge is 2.49. The van der Waals surface area contributed by atoms with E-state index in [2.05, 4.69) is 20.9 Å². The maximum absolute atomic E-state index is 12.1. The van der Waals surface area contributed by atoms with Crippen LogP contribution in [0.4, 0.5) is 5.69 Å². The van der Waals surface area contributed by atoms with Gasteiger partial charge in [-0.25, -0.2) is 8.42 Å². The van der Waals surface area contributed by atoms with Crippen molar-refractivity contribution < 1.29 is 13.2 Å². The van der Waals surface area contributed by atoms with Crippen molar-refractivity contribution in [3.8, 4) is 0 Å². The van der Waals surface area contributed by atoms with Gasteiger partial charge in [-0.15, -0.1) is 11.6 Å². The van der Waals surface area contributed by atoms with Crippen LogP contribution in [0, 0.1) is 13.8 Å². The molecule has 0 unspecified atom stereocenters. The van der Waals surface area contributed by atoms with Crippen molar-refractivity contribution in [1.29, 1.82) is 0 Å². The predicted octanol–water partition coefficient (Wildman–Crippen LogP) is 2.91. The fraction of sp³-hybridized carbons (Fsp3) is 0.467. The first kappa shape index (κ1) is 18.2. The Labute approximate surface area is 158 Å². The van der Waals surface area contributed by atoms with E-state index in [9.17, 15) is 13.2 Å². The smallest absolute Gasteiger partial charge is 0.262 e. The largest absolute Gasteiger partial charge is 0.315 e. The van der Waals surface area contributed by atoms with E-state index in [1.165, 1.54) is 11.8 Å². The Bertz CT molecular complexity index is 818. The number of sulfone groups is 1. The molecule has 0 aliphatic carbocycles. The highest BCUT2D eigenvalue weighted by atomic mass is 79.9. The van der Waals surface area contributed by atoms with Crippen LogP contribution in [0.2, 0.25) is 0 Å². The topological polar surface area (TPSA) is 66.8 Å². The quantitative estimate of drug-likeness (QED) is 0.647. The molecule has 1 aromatic rings. The number of hydrogen-bond donors (Lipinski definition) is 0. The molecule has 2 aliphatic heterocycles. The summed E-state index contributed by atoms with van der Waals surface area (Å²) < 4.78 is 25.1. The average Bonchev–Trinajstić information content (AvgIpc) is 2.90. The summed E-state index contributed by atoms with van der Waals surface area (Å²) in [4.78, 5) is 17.8. The number of fused-ring (bicyclic) bond motifs is 1. The second-order valence-electron chi connectivity index (χ2n) is 5.98. The summed E-state index contributed by atoms with van der Waals surface area (Å²) in [6.07, 6.45) is 0. The summed E-state index contributed by atoms with van der Waals surface area (Å²) in [5.74, 6) is -0.418. The van der Waals surface area contributed by atoms with E-state index in [4.69, 9.17) is 11.6 Å². The van der Waals surface area contributed by atoms with Gasteiger partial charge in [0.1, 0.15) is 5.88 Å². The van der Waals surface area contributed by atoms with Crippen LogP contribution in [-0.4, -0.2) is 48.2 Å². The van der Waals surface area contributed by atoms with Gasteiger partial charge in [0.05, 0.1) is 17.5 Å². The summed E-state index contributed by atoms with van der Waals surface area (Å²) >= 11 is 10.4. The maximum Gasteiger partial charge on any atom is 0.262 e. The van der Waals surface area contributed by atoms with Crippen LogP contribution < -0.4 is 4.90 Å². The van der Waals surface area contributed by atoms with Crippen LogP contribution in [0.1, 0.15) is 11.1 Å². The third-order valence-electron chi connectivity index (χ3n) is 4.10. The third kappa shape index (κ3) is 3.38. The van der Waals surface area contributed by atoms with Crippen molar-refractivity contribution >= 4 is 65.9 Å². The van der Waals surface area contributed by atoms with Crippen LogP contribution in [0.5, 0.6) is 0 Å². The van der Waals surface area contributed by atoms with Gasteiger partial charge in [-0.05, 0) is 37.1 Å². The Kier molecular flexibility index (Phi) is 5.03. The van der Waals surface area contributed by atoms with E-state index in [0.29, 0.717) is 5.17 Å². The lowest BCUT2D eigenvalue weighted by Gasteiger charge is -2.28. The van der Waals surface area contributed by atoms with Crippen molar-refractivity contribution in [1.82, 2.24) is 0 Å². The van der Waals surface area contributed by atoms with Crippen molar-refractivity contribution in [2.75, 3.05) is 22.3 Å². The summed E-state index contributed by atoms with van der Waals surface area (Å²) in [5.41, 5.74) is 2.91. The zero-order valence-electron chi connectivity index (χ0n) is 13.1. The molecule has 9 heteroatoms. The third-order valence-corrected chi connectivity index (χ3v) is 7.99. The molecular weight excluding hydrogens is 436 g/mol. The molecule has 0 N–H and O–H groups in total. The zero-order chi connectivity index (χ0) is 17.6. The minimum Gasteiger partial charge on any atom is -0.315 e. The van der Waals surface area contributed by atoms with Crippen LogP contribution in [0.25, 0.3) is 0 Å². The van der Waals surface area contributed by atoms with Gasteiger partial charge in [-0.3, -0.25) is 4.79 Å². The Balaban J connectivity index is 2.12. The summed E-state index contributed by atoms with van der Waals surface area (Å²) in [7, 11) is -3.08. The molecule has 2 aliphatic rings. The number of aliphatic imine (C=N–C) groups is 1. The number of rotatable bonds is 2. The van der Waals surface area contributed by atoms with Gasteiger partial charge in [0.2, 0.25) is 0 Å². The number of amidine groups is 1. The second kappa shape index (κ2) is 6.63. The maximum atomic E-state index is 12.1. The molecule has 2 heterocycles. The lowest BCUT2D eigenvalue weighted by atomic mass is 10.1. The number of halogens is 2. The van der Waals surface area contributed by atoms with E-state index < -0.39 is 15.7 Å². The number of nitrogens with zero attached hydrogens (tertiary/aromatic N) is 2. The number of carbonyl (C=O) groups excluding carboxylic acids is 1. The number of thioether (sulfide) groups is 1. The average molecular weight is 452 g/mol. The highest BCUT2D eigenvalue weighted by Crippen LogP contribution is 2.43. The van der Waals surface area contributed by atoms with Gasteiger partial charge >= 0.3 is 0 Å². The zero-order valence-corrected chi connectivity index (χ0v) is 17.1. The normalized spacial score (nSPS) is 26.8. The number of benzene rings is 1. The molecule has 5 nitrogen and oxygen atoms in total. The van der Waals surface area contributed by atoms with Gasteiger partial charge in [0.25, 0.3) is 5.91 Å². The molecule has 0 bridgehead atoms. The fourth-order valence-corrected chi connectivity index (χ4v) is 7.91. The minimum absolute atomic E-state index is 0.0771. The second-order valence-corrected chi connectivity index (χ2v) is 10.5. The van der Waals surface area contributed by atoms with Gasteiger partial charge < -0.3 is 4.90 Å². The molecule has 2 atom stereocenters. The molecule has 0 radical (unpaired) electrons. The Morgan fingerprint density at radius 1 is 1.38 bits per heavy atom. The molecule has 0 spiro atoms. The standard InChI is InChI=1S/C15H16BrClN2O3S2/c1-8-3-10(16)4-9(2)14(8)19-11-6-24(21,22)7-12(11)23-15(19)18-13(20)5-17/h3-4,11-12H,5-7H2,1-2H3/t11-,12+/m0/s1. The lowest BCUT2D eigenvalue weighted by Crippen LogP contribution is -2.38. The van der Waals surface area contributed by atoms with E-state index in [1.807, 2.05) is 30.9 Å². The monoisotopic (exact) mass is 450 g/mol. The number of amides is 1. The van der Waals surface area contributed by atoms with Crippen molar-refractivity contribution in [3.63, 3.8) is 0 Å². The van der Waals surface area contributed by atoms with E-state index >= 15 is 0 Å². The molecule has 0 aromatic heterocycles. The number of alkyl halides is 1. The number of aryl methyl sites for hydroxylation is 2. The molecule has 0 saturated carbocycles. The molecular formula is C15H16BrClN2O3S2. The van der Waals surface area contributed by atoms with E-state index in [0.717, 1.165) is 21.3 Å². The van der Waals surface area contributed by atoms with E-state index in [1.54, 1.807) is 0 Å². The first-order chi connectivity index (χ1) is 11.2. The van der Waals surface area contributed by atoms with Crippen LogP contribution in [-0.2, 0) is 14.6 Å². The van der Waals surface area contributed by atoms with Crippen molar-refractivity contribution in [3.05, 3.63) is 27.7 Å². The number of hydrogen-bond acceptors (Lipinski definition) is 4. The predicted molar refractivity (Wildman–Crippen MR) is 103 cm³/mol. The summed E-state index contributed by atoms with van der Waals surface area (Å²) in [6.45, 7) is 3.94. The Morgan fingerprint density at radius 2 is 2.00 bits per heavy atom. The molecule has 24 heavy (non-hydrogen) atoms. The minimum atomic E-state index is -3.08. The van der Waals surface area contributed by atoms with Gasteiger partial charge in [-0.2, -0.15) is 4.99 Å². The SMILES string of the molecule is Cc1cc(Br)cc(C)c1N1C(=NC(=O)CCl)S[C@@H]2CS(=O)(=O)C[C@@H]21. The van der Waals surface area contributed by atoms with Crippen LogP contribution in [0.3, 0.4) is 0 Å². The molecule has 1 amide bonds.